The van der Waals surface area contributed by atoms with Crippen molar-refractivity contribution in [2.45, 2.75) is 48.7 Å². The lowest BCUT2D eigenvalue weighted by Gasteiger charge is -2.42. The SMILES string of the molecule is O=c1cc(-c2ccc(O)cc2)oc2cc(O[C@@H]3O[C@H](CO)[C@@H](O)[C@@H](O)[C@H]3O[C@@H]3OC[C@@](O)(CO)[C@H]3O)cc(O)c12. The van der Waals surface area contributed by atoms with Gasteiger partial charge in [0.1, 0.15) is 64.0 Å². The highest BCUT2D eigenvalue weighted by molar-refractivity contribution is 5.86. The van der Waals surface area contributed by atoms with E-state index in [0.717, 1.165) is 6.07 Å². The fourth-order valence-electron chi connectivity index (χ4n) is 4.57. The fourth-order valence-corrected chi connectivity index (χ4v) is 4.57. The van der Waals surface area contributed by atoms with Gasteiger partial charge in [0.15, 0.2) is 17.8 Å². The van der Waals surface area contributed by atoms with E-state index in [1.807, 2.05) is 0 Å². The van der Waals surface area contributed by atoms with Crippen molar-refractivity contribution in [3.63, 3.8) is 0 Å². The normalized spacial score (nSPS) is 32.4. The molecule has 0 radical (unpaired) electrons. The van der Waals surface area contributed by atoms with Gasteiger partial charge >= 0.3 is 0 Å². The van der Waals surface area contributed by atoms with Gasteiger partial charge in [-0.15, -0.1) is 0 Å². The van der Waals surface area contributed by atoms with Crippen molar-refractivity contribution >= 4 is 11.0 Å². The molecule has 2 saturated heterocycles. The van der Waals surface area contributed by atoms with Gasteiger partial charge in [-0.2, -0.15) is 0 Å². The topological polar surface area (TPSA) is 229 Å². The molecule has 0 saturated carbocycles. The standard InChI is InChI=1S/C26H28O14/c27-8-18-20(32)21(33)22(40-25-23(34)26(35,9-28)10-36-25)24(39-18)37-13-5-14(30)19-15(31)7-16(38-17(19)6-13)11-1-3-12(29)4-2-11/h1-7,18,20-25,27-30,32-35H,8-10H2/t18-,20-,21-,22-,23+,24-,25+,26+/m1/s1. The van der Waals surface area contributed by atoms with E-state index >= 15 is 0 Å². The van der Waals surface area contributed by atoms with Crippen LogP contribution in [0.3, 0.4) is 0 Å². The lowest BCUT2D eigenvalue weighted by molar-refractivity contribution is -0.318. The van der Waals surface area contributed by atoms with E-state index in [1.54, 1.807) is 0 Å². The Kier molecular flexibility index (Phi) is 7.71. The first-order valence-electron chi connectivity index (χ1n) is 12.2. The minimum atomic E-state index is -2.04. The number of aliphatic hydroxyl groups is 6. The second-order valence-corrected chi connectivity index (χ2v) is 9.65. The first-order chi connectivity index (χ1) is 19.0. The van der Waals surface area contributed by atoms with E-state index < -0.39 is 79.7 Å². The van der Waals surface area contributed by atoms with Crippen LogP contribution in [0.4, 0.5) is 0 Å². The molecule has 40 heavy (non-hydrogen) atoms. The average molecular weight is 564 g/mol. The average Bonchev–Trinajstić information content (AvgIpc) is 3.21. The van der Waals surface area contributed by atoms with Crippen LogP contribution in [-0.2, 0) is 14.2 Å². The summed E-state index contributed by atoms with van der Waals surface area (Å²) in [5.74, 6) is -0.496. The van der Waals surface area contributed by atoms with Crippen LogP contribution < -0.4 is 10.2 Å². The molecule has 14 heteroatoms. The number of aliphatic hydroxyl groups excluding tert-OH is 5. The summed E-state index contributed by atoms with van der Waals surface area (Å²) in [5, 5.41) is 80.7. The number of hydrogen-bond acceptors (Lipinski definition) is 14. The van der Waals surface area contributed by atoms with Gasteiger partial charge in [-0.25, -0.2) is 0 Å². The molecule has 0 bridgehead atoms. The summed E-state index contributed by atoms with van der Waals surface area (Å²) in [6.45, 7) is -2.06. The number of hydrogen-bond donors (Lipinski definition) is 8. The van der Waals surface area contributed by atoms with E-state index in [4.69, 9.17) is 23.4 Å². The van der Waals surface area contributed by atoms with Crippen LogP contribution in [0.5, 0.6) is 17.2 Å². The van der Waals surface area contributed by atoms with Gasteiger partial charge in [0.05, 0.1) is 19.8 Å². The maximum absolute atomic E-state index is 12.8. The van der Waals surface area contributed by atoms with E-state index in [9.17, 15) is 45.6 Å². The molecule has 2 aliphatic heterocycles. The maximum Gasteiger partial charge on any atom is 0.229 e. The summed E-state index contributed by atoms with van der Waals surface area (Å²) in [5.41, 5.74) is -2.22. The third kappa shape index (κ3) is 5.12. The molecule has 2 fully saturated rings. The summed E-state index contributed by atoms with van der Waals surface area (Å²) in [6.07, 6.45) is -11.2. The smallest absolute Gasteiger partial charge is 0.229 e. The first-order valence-corrected chi connectivity index (χ1v) is 12.2. The van der Waals surface area contributed by atoms with Crippen molar-refractivity contribution in [3.05, 3.63) is 52.7 Å². The van der Waals surface area contributed by atoms with Gasteiger partial charge in [-0.05, 0) is 24.3 Å². The molecule has 0 spiro atoms. The fraction of sp³-hybridized carbons (Fsp3) is 0.423. The van der Waals surface area contributed by atoms with Crippen molar-refractivity contribution in [3.8, 4) is 28.6 Å². The quantitative estimate of drug-likeness (QED) is 0.164. The molecular formula is C26H28O14. The van der Waals surface area contributed by atoms with Gasteiger partial charge < -0.3 is 64.2 Å². The molecule has 8 N–H and O–H groups in total. The predicted octanol–water partition coefficient (Wildman–Crippen LogP) is -1.49. The summed E-state index contributed by atoms with van der Waals surface area (Å²) in [6, 6.07) is 9.37. The molecule has 5 rings (SSSR count). The molecule has 3 heterocycles. The lowest BCUT2D eigenvalue weighted by atomic mass is 9.98. The molecule has 8 atom stereocenters. The van der Waals surface area contributed by atoms with Crippen molar-refractivity contribution in [1.82, 2.24) is 0 Å². The predicted molar refractivity (Wildman–Crippen MR) is 132 cm³/mol. The first kappa shape index (κ1) is 28.2. The highest BCUT2D eigenvalue weighted by Crippen LogP contribution is 2.35. The van der Waals surface area contributed by atoms with Gasteiger partial charge in [0.25, 0.3) is 0 Å². The largest absolute Gasteiger partial charge is 0.508 e. The van der Waals surface area contributed by atoms with Gasteiger partial charge in [-0.3, -0.25) is 4.79 Å². The Labute approximate surface area is 225 Å². The van der Waals surface area contributed by atoms with E-state index in [2.05, 4.69) is 0 Å². The zero-order valence-corrected chi connectivity index (χ0v) is 20.7. The van der Waals surface area contributed by atoms with Crippen LogP contribution in [0.15, 0.2) is 51.7 Å². The second-order valence-electron chi connectivity index (χ2n) is 9.65. The van der Waals surface area contributed by atoms with Crippen LogP contribution in [0.25, 0.3) is 22.3 Å². The van der Waals surface area contributed by atoms with Crippen molar-refractivity contribution in [1.29, 1.82) is 0 Å². The molecule has 1 aromatic heterocycles. The molecule has 216 valence electrons. The van der Waals surface area contributed by atoms with E-state index in [-0.39, 0.29) is 28.2 Å². The van der Waals surface area contributed by atoms with E-state index in [1.165, 1.54) is 36.4 Å². The number of benzene rings is 2. The van der Waals surface area contributed by atoms with Gasteiger partial charge in [-0.1, -0.05) is 0 Å². The van der Waals surface area contributed by atoms with Crippen LogP contribution in [-0.4, -0.2) is 109 Å². The Morgan fingerprint density at radius 1 is 0.975 bits per heavy atom. The number of phenols is 2. The summed E-state index contributed by atoms with van der Waals surface area (Å²) >= 11 is 0. The van der Waals surface area contributed by atoms with Crippen LogP contribution in [0.2, 0.25) is 0 Å². The number of ether oxygens (including phenoxy) is 4. The molecular weight excluding hydrogens is 536 g/mol. The minimum Gasteiger partial charge on any atom is -0.508 e. The molecule has 2 aliphatic rings. The van der Waals surface area contributed by atoms with Gasteiger partial charge in [0, 0.05) is 23.8 Å². The van der Waals surface area contributed by atoms with Gasteiger partial charge in [0.2, 0.25) is 6.29 Å². The zero-order chi connectivity index (χ0) is 28.8. The van der Waals surface area contributed by atoms with E-state index in [0.29, 0.717) is 5.56 Å². The van der Waals surface area contributed by atoms with Crippen molar-refractivity contribution in [2.75, 3.05) is 19.8 Å². The highest BCUT2D eigenvalue weighted by atomic mass is 16.8. The van der Waals surface area contributed by atoms with Crippen LogP contribution in [0.1, 0.15) is 0 Å². The molecule has 3 aromatic rings. The third-order valence-electron chi connectivity index (χ3n) is 6.88. The summed E-state index contributed by atoms with van der Waals surface area (Å²) in [4.78, 5) is 12.8. The number of fused-ring (bicyclic) bond motifs is 1. The Morgan fingerprint density at radius 3 is 2.35 bits per heavy atom. The second kappa shape index (κ2) is 10.9. The molecule has 0 aliphatic carbocycles. The van der Waals surface area contributed by atoms with Crippen LogP contribution >= 0.6 is 0 Å². The summed E-state index contributed by atoms with van der Waals surface area (Å²) < 4.78 is 28.0. The molecule has 2 aromatic carbocycles. The monoisotopic (exact) mass is 564 g/mol. The Balaban J connectivity index is 1.47. The number of aromatic hydroxyl groups is 2. The Bertz CT molecular complexity index is 1410. The van der Waals surface area contributed by atoms with Crippen molar-refractivity contribution in [2.24, 2.45) is 0 Å². The van der Waals surface area contributed by atoms with Crippen molar-refractivity contribution < 1.29 is 64.2 Å². The number of rotatable bonds is 7. The Morgan fingerprint density at radius 2 is 1.70 bits per heavy atom. The minimum absolute atomic E-state index is 0.00882. The third-order valence-corrected chi connectivity index (χ3v) is 6.88. The zero-order valence-electron chi connectivity index (χ0n) is 20.7. The molecule has 0 unspecified atom stereocenters. The molecule has 14 nitrogen and oxygen atoms in total. The molecule has 0 amide bonds. The lowest BCUT2D eigenvalue weighted by Crippen LogP contribution is -2.62. The number of phenolic OH excluding ortho intramolecular Hbond substituents is 2. The van der Waals surface area contributed by atoms with Crippen LogP contribution in [0, 0.1) is 0 Å². The highest BCUT2D eigenvalue weighted by Gasteiger charge is 2.53. The summed E-state index contributed by atoms with van der Waals surface area (Å²) in [7, 11) is 0. The maximum atomic E-state index is 12.8. The Hall–Kier alpha value is -3.31.